The number of rotatable bonds is 7. The van der Waals surface area contributed by atoms with Crippen LogP contribution in [-0.2, 0) is 0 Å². The number of H-pyrrole nitrogens is 1. The van der Waals surface area contributed by atoms with Crippen LogP contribution < -0.4 is 16.2 Å². The number of halogens is 1. The summed E-state index contributed by atoms with van der Waals surface area (Å²) in [6.45, 7) is 5.53. The lowest BCUT2D eigenvalue weighted by Crippen LogP contribution is -2.48. The SMILES string of the molecule is NCCCCCN1CCN(c2cn3cc(-c4ccc(Br)cc4)[nH]c3nc2=O)CC1. The van der Waals surface area contributed by atoms with Gasteiger partial charge in [-0.05, 0) is 43.6 Å². The Labute approximate surface area is 178 Å². The highest BCUT2D eigenvalue weighted by molar-refractivity contribution is 9.10. The number of benzene rings is 1. The molecular formula is C21H27BrN6O. The van der Waals surface area contributed by atoms with E-state index in [2.05, 4.69) is 35.7 Å². The molecule has 2 aromatic heterocycles. The van der Waals surface area contributed by atoms with Crippen LogP contribution in [0.15, 0.2) is 45.9 Å². The first-order chi connectivity index (χ1) is 14.1. The molecule has 1 aromatic carbocycles. The Morgan fingerprint density at radius 3 is 2.52 bits per heavy atom. The van der Waals surface area contributed by atoms with Crippen molar-refractivity contribution in [2.24, 2.45) is 5.73 Å². The van der Waals surface area contributed by atoms with Crippen LogP contribution in [0.1, 0.15) is 19.3 Å². The molecule has 1 aliphatic heterocycles. The standard InChI is InChI=1S/C21H27BrN6O/c22-17-6-4-16(5-7-17)18-14-28-15-19(20(29)25-21(28)24-18)27-12-10-26(11-13-27)9-3-1-2-8-23/h4-7,14-15H,1-3,8-13,23H2,(H,24,25,29). The third kappa shape index (κ3) is 4.71. The van der Waals surface area contributed by atoms with Gasteiger partial charge in [0.25, 0.3) is 5.56 Å². The molecule has 3 aromatic rings. The number of unbranched alkanes of at least 4 members (excludes halogenated alkanes) is 2. The number of hydrogen-bond acceptors (Lipinski definition) is 5. The predicted molar refractivity (Wildman–Crippen MR) is 121 cm³/mol. The van der Waals surface area contributed by atoms with E-state index in [9.17, 15) is 4.79 Å². The Balaban J connectivity index is 1.46. The fourth-order valence-electron chi connectivity index (χ4n) is 3.80. The Bertz CT molecular complexity index is 1000. The summed E-state index contributed by atoms with van der Waals surface area (Å²) in [5, 5.41) is 0. The molecule has 0 atom stereocenters. The lowest BCUT2D eigenvalue weighted by atomic mass is 10.2. The van der Waals surface area contributed by atoms with Crippen LogP contribution in [0.2, 0.25) is 0 Å². The number of fused-ring (bicyclic) bond motifs is 1. The zero-order valence-corrected chi connectivity index (χ0v) is 18.1. The summed E-state index contributed by atoms with van der Waals surface area (Å²) in [7, 11) is 0. The minimum absolute atomic E-state index is 0.175. The number of imidazole rings is 1. The van der Waals surface area contributed by atoms with Gasteiger partial charge in [0.15, 0.2) is 0 Å². The van der Waals surface area contributed by atoms with Crippen molar-refractivity contribution in [3.05, 3.63) is 51.5 Å². The number of nitrogens with zero attached hydrogens (tertiary/aromatic N) is 4. The van der Waals surface area contributed by atoms with Crippen LogP contribution in [-0.4, -0.2) is 58.5 Å². The molecule has 1 saturated heterocycles. The lowest BCUT2D eigenvalue weighted by Gasteiger charge is -2.35. The van der Waals surface area contributed by atoms with E-state index >= 15 is 0 Å². The zero-order valence-electron chi connectivity index (χ0n) is 16.5. The highest BCUT2D eigenvalue weighted by Crippen LogP contribution is 2.22. The smallest absolute Gasteiger partial charge is 0.298 e. The molecule has 0 radical (unpaired) electrons. The van der Waals surface area contributed by atoms with Gasteiger partial charge in [-0.2, -0.15) is 4.98 Å². The van der Waals surface area contributed by atoms with Gasteiger partial charge in [0.2, 0.25) is 5.78 Å². The molecule has 4 rings (SSSR count). The van der Waals surface area contributed by atoms with E-state index in [1.807, 2.05) is 41.1 Å². The number of anilines is 1. The topological polar surface area (TPSA) is 82.7 Å². The second kappa shape index (κ2) is 9.11. The molecule has 3 heterocycles. The number of aromatic nitrogens is 3. The minimum atomic E-state index is -0.175. The maximum Gasteiger partial charge on any atom is 0.298 e. The molecule has 8 heteroatoms. The van der Waals surface area contributed by atoms with Crippen molar-refractivity contribution in [1.82, 2.24) is 19.3 Å². The van der Waals surface area contributed by atoms with Crippen molar-refractivity contribution in [3.8, 4) is 11.3 Å². The van der Waals surface area contributed by atoms with Gasteiger partial charge in [0.05, 0.1) is 5.69 Å². The van der Waals surface area contributed by atoms with Crippen molar-refractivity contribution in [2.75, 3.05) is 44.2 Å². The molecule has 1 aliphatic rings. The molecule has 154 valence electrons. The number of piperazine rings is 1. The molecule has 0 bridgehead atoms. The summed E-state index contributed by atoms with van der Waals surface area (Å²) in [6.07, 6.45) is 7.37. The average Bonchev–Trinajstić information content (AvgIpc) is 3.14. The number of nitrogens with two attached hydrogens (primary N) is 1. The Hall–Kier alpha value is -2.16. The third-order valence-electron chi connectivity index (χ3n) is 5.49. The van der Waals surface area contributed by atoms with Gasteiger partial charge in [-0.15, -0.1) is 0 Å². The Morgan fingerprint density at radius 1 is 1.03 bits per heavy atom. The van der Waals surface area contributed by atoms with Gasteiger partial charge in [-0.3, -0.25) is 14.1 Å². The normalized spacial score (nSPS) is 15.3. The first-order valence-electron chi connectivity index (χ1n) is 10.2. The molecule has 0 spiro atoms. The largest absolute Gasteiger partial charge is 0.363 e. The highest BCUT2D eigenvalue weighted by atomic mass is 79.9. The van der Waals surface area contributed by atoms with E-state index in [-0.39, 0.29) is 5.56 Å². The van der Waals surface area contributed by atoms with Crippen molar-refractivity contribution in [3.63, 3.8) is 0 Å². The lowest BCUT2D eigenvalue weighted by molar-refractivity contribution is 0.252. The van der Waals surface area contributed by atoms with Gasteiger partial charge < -0.3 is 15.6 Å². The second-order valence-corrected chi connectivity index (χ2v) is 8.43. The summed E-state index contributed by atoms with van der Waals surface area (Å²) in [6, 6.07) is 8.06. The first kappa shape index (κ1) is 20.1. The molecule has 29 heavy (non-hydrogen) atoms. The van der Waals surface area contributed by atoms with Crippen LogP contribution in [0.25, 0.3) is 17.0 Å². The summed E-state index contributed by atoms with van der Waals surface area (Å²) in [5.41, 5.74) is 8.05. The molecular weight excluding hydrogens is 432 g/mol. The molecule has 0 amide bonds. The van der Waals surface area contributed by atoms with Crippen molar-refractivity contribution in [2.45, 2.75) is 19.3 Å². The molecule has 0 saturated carbocycles. The summed E-state index contributed by atoms with van der Waals surface area (Å²) in [4.78, 5) is 24.8. The van der Waals surface area contributed by atoms with Crippen LogP contribution in [0.4, 0.5) is 5.69 Å². The first-order valence-corrected chi connectivity index (χ1v) is 11.0. The number of hydrogen-bond donors (Lipinski definition) is 2. The molecule has 1 fully saturated rings. The monoisotopic (exact) mass is 458 g/mol. The van der Waals surface area contributed by atoms with Crippen molar-refractivity contribution >= 4 is 27.4 Å². The van der Waals surface area contributed by atoms with Gasteiger partial charge in [0.1, 0.15) is 5.69 Å². The van der Waals surface area contributed by atoms with Gasteiger partial charge in [-0.25, -0.2) is 0 Å². The predicted octanol–water partition coefficient (Wildman–Crippen LogP) is 2.70. The van der Waals surface area contributed by atoms with E-state index in [1.54, 1.807) is 0 Å². The van der Waals surface area contributed by atoms with Gasteiger partial charge in [0, 0.05) is 43.0 Å². The second-order valence-electron chi connectivity index (χ2n) is 7.51. The van der Waals surface area contributed by atoms with E-state index in [4.69, 9.17) is 5.73 Å². The highest BCUT2D eigenvalue weighted by Gasteiger charge is 2.20. The minimum Gasteiger partial charge on any atom is -0.363 e. The number of nitrogens with one attached hydrogen (secondary N) is 1. The maximum absolute atomic E-state index is 12.6. The third-order valence-corrected chi connectivity index (χ3v) is 6.02. The fraction of sp³-hybridized carbons (Fsp3) is 0.429. The van der Waals surface area contributed by atoms with Crippen molar-refractivity contribution in [1.29, 1.82) is 0 Å². The molecule has 7 nitrogen and oxygen atoms in total. The maximum atomic E-state index is 12.6. The molecule has 0 unspecified atom stereocenters. The van der Waals surface area contributed by atoms with Crippen molar-refractivity contribution < 1.29 is 0 Å². The Kier molecular flexibility index (Phi) is 6.32. The van der Waals surface area contributed by atoms with Gasteiger partial charge in [-0.1, -0.05) is 34.5 Å². The van der Waals surface area contributed by atoms with E-state index in [0.29, 0.717) is 11.5 Å². The molecule has 3 N–H and O–H groups in total. The summed E-state index contributed by atoms with van der Waals surface area (Å²) >= 11 is 3.46. The van der Waals surface area contributed by atoms with E-state index in [0.717, 1.165) is 61.4 Å². The van der Waals surface area contributed by atoms with Crippen LogP contribution >= 0.6 is 15.9 Å². The summed E-state index contributed by atoms with van der Waals surface area (Å²) in [5.74, 6) is 0.565. The van der Waals surface area contributed by atoms with E-state index < -0.39 is 0 Å². The van der Waals surface area contributed by atoms with Crippen LogP contribution in [0, 0.1) is 0 Å². The summed E-state index contributed by atoms with van der Waals surface area (Å²) < 4.78 is 2.94. The van der Waals surface area contributed by atoms with E-state index in [1.165, 1.54) is 12.8 Å². The van der Waals surface area contributed by atoms with Gasteiger partial charge >= 0.3 is 0 Å². The van der Waals surface area contributed by atoms with Crippen LogP contribution in [0.3, 0.4) is 0 Å². The Morgan fingerprint density at radius 2 is 1.79 bits per heavy atom. The number of aromatic amines is 1. The average molecular weight is 459 g/mol. The fourth-order valence-corrected chi connectivity index (χ4v) is 4.07. The molecule has 0 aliphatic carbocycles. The quantitative estimate of drug-likeness (QED) is 0.531. The zero-order chi connectivity index (χ0) is 20.2. The van der Waals surface area contributed by atoms with Crippen LogP contribution in [0.5, 0.6) is 0 Å².